The second-order valence-electron chi connectivity index (χ2n) is 3.79. The lowest BCUT2D eigenvalue weighted by Gasteiger charge is -1.95. The van der Waals surface area contributed by atoms with Gasteiger partial charge in [-0.2, -0.15) is 4.98 Å². The van der Waals surface area contributed by atoms with E-state index in [1.807, 2.05) is 31.2 Å². The van der Waals surface area contributed by atoms with Gasteiger partial charge in [-0.25, -0.2) is 0 Å². The molecule has 2 aromatic rings. The van der Waals surface area contributed by atoms with Crippen LogP contribution < -0.4 is 5.32 Å². The van der Waals surface area contributed by atoms with Gasteiger partial charge in [-0.05, 0) is 19.1 Å². The first-order valence-corrected chi connectivity index (χ1v) is 5.29. The maximum absolute atomic E-state index is 10.7. The largest absolute Gasteiger partial charge is 0.349 e. The van der Waals surface area contributed by atoms with Crippen LogP contribution in [0.4, 0.5) is 0 Å². The number of amides is 1. The molecule has 88 valence electrons. The zero-order chi connectivity index (χ0) is 12.3. The summed E-state index contributed by atoms with van der Waals surface area (Å²) in [5.41, 5.74) is 2.01. The SMILES string of the molecule is CC(=O)NCc1noc(-c2cccc(C)c2)n1. The van der Waals surface area contributed by atoms with E-state index in [-0.39, 0.29) is 12.5 Å². The summed E-state index contributed by atoms with van der Waals surface area (Å²) in [6, 6.07) is 7.80. The van der Waals surface area contributed by atoms with Crippen LogP contribution in [0.2, 0.25) is 0 Å². The number of carbonyl (C=O) groups excluding carboxylic acids is 1. The summed E-state index contributed by atoms with van der Waals surface area (Å²) >= 11 is 0. The van der Waals surface area contributed by atoms with Crippen LogP contribution in [0, 0.1) is 6.92 Å². The predicted molar refractivity (Wildman–Crippen MR) is 62.0 cm³/mol. The Balaban J connectivity index is 2.15. The maximum Gasteiger partial charge on any atom is 0.257 e. The van der Waals surface area contributed by atoms with Crippen LogP contribution in [-0.4, -0.2) is 16.0 Å². The van der Waals surface area contributed by atoms with Gasteiger partial charge in [0, 0.05) is 12.5 Å². The lowest BCUT2D eigenvalue weighted by Crippen LogP contribution is -2.19. The van der Waals surface area contributed by atoms with Gasteiger partial charge in [-0.3, -0.25) is 4.79 Å². The highest BCUT2D eigenvalue weighted by Crippen LogP contribution is 2.17. The molecule has 0 aliphatic heterocycles. The third-order valence-electron chi connectivity index (χ3n) is 2.23. The Morgan fingerprint density at radius 1 is 1.47 bits per heavy atom. The van der Waals surface area contributed by atoms with Gasteiger partial charge in [0.2, 0.25) is 5.91 Å². The minimum absolute atomic E-state index is 0.119. The molecule has 0 atom stereocenters. The smallest absolute Gasteiger partial charge is 0.257 e. The molecule has 1 heterocycles. The van der Waals surface area contributed by atoms with Crippen LogP contribution in [-0.2, 0) is 11.3 Å². The molecule has 0 saturated carbocycles. The zero-order valence-corrected chi connectivity index (χ0v) is 9.73. The molecule has 2 rings (SSSR count). The summed E-state index contributed by atoms with van der Waals surface area (Å²) in [6.07, 6.45) is 0. The van der Waals surface area contributed by atoms with Crippen molar-refractivity contribution in [3.63, 3.8) is 0 Å². The molecule has 5 nitrogen and oxygen atoms in total. The van der Waals surface area contributed by atoms with E-state index in [4.69, 9.17) is 4.52 Å². The fourth-order valence-electron chi connectivity index (χ4n) is 1.42. The molecule has 1 amide bonds. The van der Waals surface area contributed by atoms with E-state index in [9.17, 15) is 4.79 Å². The van der Waals surface area contributed by atoms with Crippen LogP contribution >= 0.6 is 0 Å². The molecular formula is C12H13N3O2. The summed E-state index contributed by atoms with van der Waals surface area (Å²) in [4.78, 5) is 14.9. The molecule has 0 fully saturated rings. The van der Waals surface area contributed by atoms with E-state index >= 15 is 0 Å². The van der Waals surface area contributed by atoms with Crippen LogP contribution in [0.1, 0.15) is 18.3 Å². The molecule has 1 aromatic carbocycles. The zero-order valence-electron chi connectivity index (χ0n) is 9.73. The van der Waals surface area contributed by atoms with Crippen LogP contribution in [0.5, 0.6) is 0 Å². The molecule has 0 radical (unpaired) electrons. The fourth-order valence-corrected chi connectivity index (χ4v) is 1.42. The summed E-state index contributed by atoms with van der Waals surface area (Å²) in [5.74, 6) is 0.817. The number of nitrogens with one attached hydrogen (secondary N) is 1. The van der Waals surface area contributed by atoms with Gasteiger partial charge in [-0.1, -0.05) is 22.9 Å². The summed E-state index contributed by atoms with van der Waals surface area (Å²) in [7, 11) is 0. The van der Waals surface area contributed by atoms with E-state index in [1.165, 1.54) is 6.92 Å². The lowest BCUT2D eigenvalue weighted by atomic mass is 10.1. The van der Waals surface area contributed by atoms with Crippen molar-refractivity contribution in [2.75, 3.05) is 0 Å². The van der Waals surface area contributed by atoms with E-state index in [1.54, 1.807) is 0 Å². The van der Waals surface area contributed by atoms with Gasteiger partial charge in [-0.15, -0.1) is 0 Å². The number of hydrogen-bond donors (Lipinski definition) is 1. The van der Waals surface area contributed by atoms with Gasteiger partial charge in [0.05, 0.1) is 6.54 Å². The first-order valence-electron chi connectivity index (χ1n) is 5.29. The number of benzene rings is 1. The van der Waals surface area contributed by atoms with Crippen molar-refractivity contribution in [1.82, 2.24) is 15.5 Å². The van der Waals surface area contributed by atoms with Crippen molar-refractivity contribution in [3.05, 3.63) is 35.7 Å². The normalized spacial score (nSPS) is 10.2. The summed E-state index contributed by atoms with van der Waals surface area (Å²) in [6.45, 7) is 3.73. The second kappa shape index (κ2) is 4.78. The number of aryl methyl sites for hydroxylation is 1. The highest BCUT2D eigenvalue weighted by atomic mass is 16.5. The minimum Gasteiger partial charge on any atom is -0.349 e. The second-order valence-corrected chi connectivity index (χ2v) is 3.79. The van der Waals surface area contributed by atoms with Crippen molar-refractivity contribution >= 4 is 5.91 Å². The van der Waals surface area contributed by atoms with E-state index in [2.05, 4.69) is 15.5 Å². The minimum atomic E-state index is -0.119. The number of hydrogen-bond acceptors (Lipinski definition) is 4. The predicted octanol–water partition coefficient (Wildman–Crippen LogP) is 1.68. The first kappa shape index (κ1) is 11.3. The van der Waals surface area contributed by atoms with Gasteiger partial charge >= 0.3 is 0 Å². The van der Waals surface area contributed by atoms with Gasteiger partial charge < -0.3 is 9.84 Å². The topological polar surface area (TPSA) is 68.0 Å². The van der Waals surface area contributed by atoms with Crippen LogP contribution in [0.3, 0.4) is 0 Å². The van der Waals surface area contributed by atoms with E-state index in [0.717, 1.165) is 11.1 Å². The lowest BCUT2D eigenvalue weighted by molar-refractivity contribution is -0.119. The molecule has 5 heteroatoms. The Kier molecular flexibility index (Phi) is 3.18. The van der Waals surface area contributed by atoms with Crippen molar-refractivity contribution in [3.8, 4) is 11.5 Å². The number of rotatable bonds is 3. The molecule has 0 saturated heterocycles. The Morgan fingerprint density at radius 3 is 3.00 bits per heavy atom. The Morgan fingerprint density at radius 2 is 2.29 bits per heavy atom. The van der Waals surface area contributed by atoms with Gasteiger partial charge in [0.1, 0.15) is 0 Å². The third-order valence-corrected chi connectivity index (χ3v) is 2.23. The van der Waals surface area contributed by atoms with Crippen LogP contribution in [0.25, 0.3) is 11.5 Å². The molecular weight excluding hydrogens is 218 g/mol. The van der Waals surface area contributed by atoms with Gasteiger partial charge in [0.25, 0.3) is 5.89 Å². The van der Waals surface area contributed by atoms with Crippen molar-refractivity contribution in [1.29, 1.82) is 0 Å². The molecule has 1 N–H and O–H groups in total. The quantitative estimate of drug-likeness (QED) is 0.872. The number of aromatic nitrogens is 2. The summed E-state index contributed by atoms with van der Waals surface area (Å²) < 4.78 is 5.13. The molecule has 0 aliphatic rings. The standard InChI is InChI=1S/C12H13N3O2/c1-8-4-3-5-10(6-8)12-14-11(15-17-12)7-13-9(2)16/h3-6H,7H2,1-2H3,(H,13,16). The maximum atomic E-state index is 10.7. The molecule has 0 spiro atoms. The monoisotopic (exact) mass is 231 g/mol. The molecule has 0 unspecified atom stereocenters. The van der Waals surface area contributed by atoms with Crippen LogP contribution in [0.15, 0.2) is 28.8 Å². The Hall–Kier alpha value is -2.17. The van der Waals surface area contributed by atoms with E-state index < -0.39 is 0 Å². The number of nitrogens with zero attached hydrogens (tertiary/aromatic N) is 2. The van der Waals surface area contributed by atoms with Crippen molar-refractivity contribution in [2.45, 2.75) is 20.4 Å². The highest BCUT2D eigenvalue weighted by Gasteiger charge is 2.08. The fraction of sp³-hybridized carbons (Fsp3) is 0.250. The molecule has 0 aliphatic carbocycles. The Bertz CT molecular complexity index is 534. The Labute approximate surface area is 98.8 Å². The van der Waals surface area contributed by atoms with Crippen molar-refractivity contribution < 1.29 is 9.32 Å². The van der Waals surface area contributed by atoms with Crippen molar-refractivity contribution in [2.24, 2.45) is 0 Å². The average Bonchev–Trinajstić information content (AvgIpc) is 2.75. The summed E-state index contributed by atoms with van der Waals surface area (Å²) in [5, 5.41) is 6.41. The average molecular weight is 231 g/mol. The first-order chi connectivity index (χ1) is 8.15. The number of carbonyl (C=O) groups is 1. The molecule has 1 aromatic heterocycles. The third kappa shape index (κ3) is 2.90. The van der Waals surface area contributed by atoms with E-state index in [0.29, 0.717) is 11.7 Å². The highest BCUT2D eigenvalue weighted by molar-refractivity contribution is 5.72. The molecule has 17 heavy (non-hydrogen) atoms. The molecule has 0 bridgehead atoms. The van der Waals surface area contributed by atoms with Gasteiger partial charge in [0.15, 0.2) is 5.82 Å².